The maximum absolute atomic E-state index is 13.0. The van der Waals surface area contributed by atoms with Gasteiger partial charge in [0.25, 0.3) is 0 Å². The molecule has 104 valence electrons. The average Bonchev–Trinajstić information content (AvgIpc) is 2.41. The van der Waals surface area contributed by atoms with E-state index in [2.05, 4.69) is 6.92 Å². The third-order valence-corrected chi connectivity index (χ3v) is 4.46. The van der Waals surface area contributed by atoms with Gasteiger partial charge in [0.05, 0.1) is 5.41 Å². The molecule has 0 aromatic heterocycles. The highest BCUT2D eigenvalue weighted by Crippen LogP contribution is 2.43. The van der Waals surface area contributed by atoms with Crippen molar-refractivity contribution in [2.24, 2.45) is 5.92 Å². The number of aliphatic carboxylic acids is 1. The topological polar surface area (TPSA) is 37.3 Å². The molecule has 0 spiro atoms. The quantitative estimate of drug-likeness (QED) is 0.887. The Kier molecular flexibility index (Phi) is 4.23. The second-order valence-electron chi connectivity index (χ2n) is 5.63. The summed E-state index contributed by atoms with van der Waals surface area (Å²) in [5.74, 6) is -0.434. The lowest BCUT2D eigenvalue weighted by molar-refractivity contribution is -0.145. The van der Waals surface area contributed by atoms with Crippen molar-refractivity contribution in [2.45, 2.75) is 50.9 Å². The summed E-state index contributed by atoms with van der Waals surface area (Å²) in [7, 11) is 0. The Morgan fingerprint density at radius 3 is 2.37 bits per heavy atom. The van der Waals surface area contributed by atoms with E-state index < -0.39 is 11.4 Å². The summed E-state index contributed by atoms with van der Waals surface area (Å²) in [4.78, 5) is 11.7. The van der Waals surface area contributed by atoms with E-state index in [0.717, 1.165) is 24.8 Å². The molecule has 0 bridgehead atoms. The molecule has 19 heavy (non-hydrogen) atoms. The first-order chi connectivity index (χ1) is 9.08. The Morgan fingerprint density at radius 1 is 1.32 bits per heavy atom. The van der Waals surface area contributed by atoms with E-state index >= 15 is 0 Å². The smallest absolute Gasteiger partial charge is 0.314 e. The van der Waals surface area contributed by atoms with E-state index in [1.54, 1.807) is 12.1 Å². The number of benzene rings is 1. The molecule has 1 aliphatic rings. The summed E-state index contributed by atoms with van der Waals surface area (Å²) < 4.78 is 13.0. The molecule has 1 aromatic rings. The normalized spacial score (nSPS) is 27.2. The molecule has 3 heteroatoms. The van der Waals surface area contributed by atoms with Gasteiger partial charge in [-0.2, -0.15) is 0 Å². The van der Waals surface area contributed by atoms with Crippen molar-refractivity contribution in [3.63, 3.8) is 0 Å². The fourth-order valence-corrected chi connectivity index (χ4v) is 3.26. The van der Waals surface area contributed by atoms with Gasteiger partial charge in [0, 0.05) is 0 Å². The molecule has 1 fully saturated rings. The SMILES string of the molecule is CCCC1CCC(C(=O)O)(c2ccc(F)cc2)CC1. The molecule has 0 saturated heterocycles. The Hall–Kier alpha value is -1.38. The van der Waals surface area contributed by atoms with Crippen LogP contribution in [0, 0.1) is 11.7 Å². The molecule has 2 nitrogen and oxygen atoms in total. The molecule has 1 aliphatic carbocycles. The number of rotatable bonds is 4. The lowest BCUT2D eigenvalue weighted by Gasteiger charge is -2.37. The second-order valence-corrected chi connectivity index (χ2v) is 5.63. The van der Waals surface area contributed by atoms with Crippen LogP contribution in [0.1, 0.15) is 51.0 Å². The number of halogens is 1. The zero-order valence-corrected chi connectivity index (χ0v) is 11.4. The van der Waals surface area contributed by atoms with Crippen molar-refractivity contribution in [1.29, 1.82) is 0 Å². The van der Waals surface area contributed by atoms with Gasteiger partial charge in [-0.3, -0.25) is 4.79 Å². The van der Waals surface area contributed by atoms with Gasteiger partial charge in [0.1, 0.15) is 5.82 Å². The first kappa shape index (κ1) is 14.0. The molecule has 0 amide bonds. The standard InChI is InChI=1S/C16H21FO2/c1-2-3-12-8-10-16(11-9-12,15(18)19)13-4-6-14(17)7-5-13/h4-7,12H,2-3,8-11H2,1H3,(H,18,19). The van der Waals surface area contributed by atoms with Crippen molar-refractivity contribution < 1.29 is 14.3 Å². The minimum absolute atomic E-state index is 0.316. The largest absolute Gasteiger partial charge is 0.481 e. The van der Waals surface area contributed by atoms with Crippen molar-refractivity contribution in [1.82, 2.24) is 0 Å². The van der Waals surface area contributed by atoms with E-state index in [-0.39, 0.29) is 5.82 Å². The van der Waals surface area contributed by atoms with Gasteiger partial charge >= 0.3 is 5.97 Å². The number of carboxylic acid groups (broad SMARTS) is 1. The van der Waals surface area contributed by atoms with E-state index in [1.807, 2.05) is 0 Å². The van der Waals surface area contributed by atoms with Crippen LogP contribution in [-0.4, -0.2) is 11.1 Å². The summed E-state index contributed by atoms with van der Waals surface area (Å²) in [5.41, 5.74) is -0.0610. The van der Waals surface area contributed by atoms with E-state index in [9.17, 15) is 14.3 Å². The third-order valence-electron chi connectivity index (χ3n) is 4.46. The Labute approximate surface area is 113 Å². The summed E-state index contributed by atoms with van der Waals surface area (Å²) >= 11 is 0. The average molecular weight is 264 g/mol. The van der Waals surface area contributed by atoms with Crippen LogP contribution in [-0.2, 0) is 10.2 Å². The van der Waals surface area contributed by atoms with Crippen LogP contribution in [0.2, 0.25) is 0 Å². The predicted molar refractivity (Wildman–Crippen MR) is 72.6 cm³/mol. The van der Waals surface area contributed by atoms with Crippen molar-refractivity contribution in [2.75, 3.05) is 0 Å². The first-order valence-electron chi connectivity index (χ1n) is 7.08. The van der Waals surface area contributed by atoms with Gasteiger partial charge in [-0.1, -0.05) is 31.9 Å². The number of carboxylic acids is 1. The highest BCUT2D eigenvalue weighted by atomic mass is 19.1. The summed E-state index contributed by atoms with van der Waals surface area (Å²) in [6, 6.07) is 5.98. The van der Waals surface area contributed by atoms with Crippen LogP contribution in [0.25, 0.3) is 0 Å². The van der Waals surface area contributed by atoms with Gasteiger partial charge < -0.3 is 5.11 Å². The number of hydrogen-bond donors (Lipinski definition) is 1. The van der Waals surface area contributed by atoms with Crippen LogP contribution >= 0.6 is 0 Å². The van der Waals surface area contributed by atoms with E-state index in [0.29, 0.717) is 18.8 Å². The Morgan fingerprint density at radius 2 is 1.89 bits per heavy atom. The van der Waals surface area contributed by atoms with Crippen LogP contribution in [0.15, 0.2) is 24.3 Å². The lowest BCUT2D eigenvalue weighted by atomic mass is 9.66. The zero-order valence-electron chi connectivity index (χ0n) is 11.4. The zero-order chi connectivity index (χ0) is 13.9. The van der Waals surface area contributed by atoms with Crippen LogP contribution in [0.4, 0.5) is 4.39 Å². The fourth-order valence-electron chi connectivity index (χ4n) is 3.26. The molecule has 0 atom stereocenters. The van der Waals surface area contributed by atoms with Crippen LogP contribution in [0.3, 0.4) is 0 Å². The molecule has 1 N–H and O–H groups in total. The monoisotopic (exact) mass is 264 g/mol. The molecule has 0 unspecified atom stereocenters. The molecule has 2 rings (SSSR count). The van der Waals surface area contributed by atoms with Gasteiger partial charge in [-0.15, -0.1) is 0 Å². The van der Waals surface area contributed by atoms with E-state index in [4.69, 9.17) is 0 Å². The van der Waals surface area contributed by atoms with Gasteiger partial charge in [0.2, 0.25) is 0 Å². The maximum Gasteiger partial charge on any atom is 0.314 e. The molecule has 0 aliphatic heterocycles. The summed E-state index contributed by atoms with van der Waals surface area (Å²) in [6.07, 6.45) is 5.58. The van der Waals surface area contributed by atoms with Crippen molar-refractivity contribution >= 4 is 5.97 Å². The Bertz CT molecular complexity index is 431. The molecule has 1 saturated carbocycles. The lowest BCUT2D eigenvalue weighted by Crippen LogP contribution is -2.39. The van der Waals surface area contributed by atoms with Gasteiger partial charge in [0.15, 0.2) is 0 Å². The minimum atomic E-state index is -0.808. The van der Waals surface area contributed by atoms with Gasteiger partial charge in [-0.25, -0.2) is 4.39 Å². The molecular weight excluding hydrogens is 243 g/mol. The summed E-state index contributed by atoms with van der Waals surface area (Å²) in [5, 5.41) is 9.63. The molecule has 0 radical (unpaired) electrons. The highest BCUT2D eigenvalue weighted by molar-refractivity contribution is 5.81. The molecular formula is C16H21FO2. The molecule has 0 heterocycles. The third kappa shape index (κ3) is 2.80. The van der Waals surface area contributed by atoms with Crippen molar-refractivity contribution in [3.05, 3.63) is 35.6 Å². The fraction of sp³-hybridized carbons (Fsp3) is 0.562. The van der Waals surface area contributed by atoms with E-state index in [1.165, 1.54) is 18.6 Å². The number of hydrogen-bond acceptors (Lipinski definition) is 1. The van der Waals surface area contributed by atoms with Crippen molar-refractivity contribution in [3.8, 4) is 0 Å². The van der Waals surface area contributed by atoms with Crippen LogP contribution in [0.5, 0.6) is 0 Å². The maximum atomic E-state index is 13.0. The first-order valence-corrected chi connectivity index (χ1v) is 7.08. The number of carbonyl (C=O) groups is 1. The Balaban J connectivity index is 2.21. The van der Waals surface area contributed by atoms with Gasteiger partial charge in [-0.05, 0) is 49.3 Å². The minimum Gasteiger partial charge on any atom is -0.481 e. The highest BCUT2D eigenvalue weighted by Gasteiger charge is 2.43. The second kappa shape index (κ2) is 5.72. The summed E-state index contributed by atoms with van der Waals surface area (Å²) in [6.45, 7) is 2.17. The molecule has 1 aromatic carbocycles. The predicted octanol–water partition coefficient (Wildman–Crippen LogP) is 4.14. The van der Waals surface area contributed by atoms with Crippen LogP contribution < -0.4 is 0 Å².